The summed E-state index contributed by atoms with van der Waals surface area (Å²) in [6.45, 7) is 5.20. The van der Waals surface area contributed by atoms with Crippen molar-refractivity contribution in [3.05, 3.63) is 23.8 Å². The molecule has 3 atom stereocenters. The zero-order valence-corrected chi connectivity index (χ0v) is 18.7. The molecule has 0 spiro atoms. The molecule has 1 aliphatic carbocycles. The van der Waals surface area contributed by atoms with Crippen LogP contribution < -0.4 is 9.47 Å². The van der Waals surface area contributed by atoms with Crippen molar-refractivity contribution >= 4 is 5.78 Å². The fourth-order valence-electron chi connectivity index (χ4n) is 4.55. The van der Waals surface area contributed by atoms with Crippen LogP contribution in [0, 0.1) is 0 Å². The van der Waals surface area contributed by atoms with E-state index in [9.17, 15) is 4.79 Å². The van der Waals surface area contributed by atoms with Crippen LogP contribution in [0.15, 0.2) is 18.2 Å². The Morgan fingerprint density at radius 2 is 1.87 bits per heavy atom. The number of carbonyl (C=O) groups excluding carboxylic acids is 1. The lowest BCUT2D eigenvalue weighted by Gasteiger charge is -2.37. The maximum atomic E-state index is 12.7. The molecule has 0 N–H and O–H groups in total. The summed E-state index contributed by atoms with van der Waals surface area (Å²) < 4.78 is 22.8. The largest absolute Gasteiger partial charge is 0.493 e. The monoisotopic (exact) mass is 419 g/mol. The van der Waals surface area contributed by atoms with Gasteiger partial charge in [0, 0.05) is 31.3 Å². The molecule has 0 radical (unpaired) electrons. The number of Topliss-reactive ketones (excluding diaryl/α,β-unsaturated/α-hetero) is 1. The number of rotatable bonds is 11. The minimum Gasteiger partial charge on any atom is -0.493 e. The lowest BCUT2D eigenvalue weighted by atomic mass is 9.91. The smallest absolute Gasteiger partial charge is 0.188 e. The van der Waals surface area contributed by atoms with Crippen LogP contribution in [0.3, 0.4) is 0 Å². The van der Waals surface area contributed by atoms with Crippen LogP contribution in [0.1, 0.15) is 62.2 Å². The molecule has 168 valence electrons. The van der Waals surface area contributed by atoms with Crippen LogP contribution in [0.4, 0.5) is 0 Å². The maximum absolute atomic E-state index is 12.7. The summed E-state index contributed by atoms with van der Waals surface area (Å²) in [6, 6.07) is 5.64. The van der Waals surface area contributed by atoms with Gasteiger partial charge in [-0.05, 0) is 43.9 Å². The van der Waals surface area contributed by atoms with E-state index in [1.165, 1.54) is 12.8 Å². The normalized spacial score (nSPS) is 24.7. The lowest BCUT2D eigenvalue weighted by Crippen LogP contribution is -2.46. The van der Waals surface area contributed by atoms with E-state index in [0.717, 1.165) is 51.8 Å². The first-order valence-electron chi connectivity index (χ1n) is 11.4. The summed E-state index contributed by atoms with van der Waals surface area (Å²) >= 11 is 0. The predicted octanol–water partition coefficient (Wildman–Crippen LogP) is 4.11. The van der Waals surface area contributed by atoms with Gasteiger partial charge in [-0.2, -0.15) is 0 Å². The van der Waals surface area contributed by atoms with E-state index in [1.54, 1.807) is 32.4 Å². The Bertz CT molecular complexity index is 680. The Morgan fingerprint density at radius 3 is 2.63 bits per heavy atom. The first kappa shape index (κ1) is 23.0. The first-order valence-corrected chi connectivity index (χ1v) is 11.4. The van der Waals surface area contributed by atoms with Crippen LogP contribution in [0.5, 0.6) is 11.5 Å². The molecule has 3 rings (SSSR count). The average Bonchev–Trinajstić information content (AvgIpc) is 3.26. The zero-order valence-electron chi connectivity index (χ0n) is 18.7. The van der Waals surface area contributed by atoms with E-state index in [-0.39, 0.29) is 18.5 Å². The Labute approximate surface area is 180 Å². The third-order valence-corrected chi connectivity index (χ3v) is 6.30. The SMILES string of the molecule is CCCCO[C@@H]1CCN(C2CCCCC2OCC(=O)c2ccc(OC)c(OC)c2)C1. The highest BCUT2D eigenvalue weighted by molar-refractivity contribution is 5.97. The van der Waals surface area contributed by atoms with Gasteiger partial charge in [-0.3, -0.25) is 9.69 Å². The van der Waals surface area contributed by atoms with Crippen molar-refractivity contribution in [2.24, 2.45) is 0 Å². The van der Waals surface area contributed by atoms with E-state index in [1.807, 2.05) is 0 Å². The Balaban J connectivity index is 1.54. The Morgan fingerprint density at radius 1 is 1.07 bits per heavy atom. The van der Waals surface area contributed by atoms with Gasteiger partial charge in [0.15, 0.2) is 17.3 Å². The van der Waals surface area contributed by atoms with Gasteiger partial charge in [-0.15, -0.1) is 0 Å². The highest BCUT2D eigenvalue weighted by Gasteiger charge is 2.35. The third-order valence-electron chi connectivity index (χ3n) is 6.30. The van der Waals surface area contributed by atoms with Crippen LogP contribution in [0.2, 0.25) is 0 Å². The molecule has 1 aromatic carbocycles. The number of hydrogen-bond donors (Lipinski definition) is 0. The topological polar surface area (TPSA) is 57.2 Å². The van der Waals surface area contributed by atoms with Crippen LogP contribution in [-0.4, -0.2) is 69.5 Å². The van der Waals surface area contributed by atoms with Crippen molar-refractivity contribution in [2.75, 3.05) is 40.5 Å². The zero-order chi connectivity index (χ0) is 21.3. The molecule has 1 aliphatic heterocycles. The molecule has 1 saturated carbocycles. The lowest BCUT2D eigenvalue weighted by molar-refractivity contribution is -0.0293. The van der Waals surface area contributed by atoms with Gasteiger partial charge in [0.1, 0.15) is 6.61 Å². The number of hydrogen-bond acceptors (Lipinski definition) is 6. The summed E-state index contributed by atoms with van der Waals surface area (Å²) in [5, 5.41) is 0. The molecule has 30 heavy (non-hydrogen) atoms. The number of ketones is 1. The molecule has 0 bridgehead atoms. The number of carbonyl (C=O) groups is 1. The molecule has 0 aromatic heterocycles. The van der Waals surface area contributed by atoms with E-state index in [2.05, 4.69) is 11.8 Å². The van der Waals surface area contributed by atoms with E-state index in [4.69, 9.17) is 18.9 Å². The van der Waals surface area contributed by atoms with Gasteiger partial charge in [0.25, 0.3) is 0 Å². The van der Waals surface area contributed by atoms with Gasteiger partial charge < -0.3 is 18.9 Å². The number of likely N-dealkylation sites (tertiary alicyclic amines) is 1. The Hall–Kier alpha value is -1.63. The maximum Gasteiger partial charge on any atom is 0.188 e. The summed E-state index contributed by atoms with van der Waals surface area (Å²) in [6.07, 6.45) is 8.38. The average molecular weight is 420 g/mol. The van der Waals surface area contributed by atoms with Gasteiger partial charge in [-0.1, -0.05) is 26.2 Å². The summed E-state index contributed by atoms with van der Waals surface area (Å²) in [5.41, 5.74) is 0.588. The number of benzene rings is 1. The molecular formula is C24H37NO5. The van der Waals surface area contributed by atoms with Crippen molar-refractivity contribution in [3.63, 3.8) is 0 Å². The summed E-state index contributed by atoms with van der Waals surface area (Å²) in [5.74, 6) is 1.15. The number of methoxy groups -OCH3 is 2. The second-order valence-corrected chi connectivity index (χ2v) is 8.32. The molecule has 0 amide bonds. The minimum absolute atomic E-state index is 0.0255. The van der Waals surface area contributed by atoms with Crippen molar-refractivity contribution in [1.82, 2.24) is 4.90 Å². The van der Waals surface area contributed by atoms with Gasteiger partial charge in [-0.25, -0.2) is 0 Å². The van der Waals surface area contributed by atoms with Crippen LogP contribution >= 0.6 is 0 Å². The van der Waals surface area contributed by atoms with Crippen molar-refractivity contribution in [1.29, 1.82) is 0 Å². The third kappa shape index (κ3) is 5.96. The van der Waals surface area contributed by atoms with Gasteiger partial charge in [0.2, 0.25) is 0 Å². The molecule has 6 nitrogen and oxygen atoms in total. The van der Waals surface area contributed by atoms with E-state index >= 15 is 0 Å². The molecule has 2 fully saturated rings. The fourth-order valence-corrected chi connectivity index (χ4v) is 4.55. The standard InChI is InChI=1S/C24H37NO5/c1-4-5-14-29-19-12-13-25(16-19)20-8-6-7-9-22(20)30-17-21(26)18-10-11-23(27-2)24(15-18)28-3/h10-11,15,19-20,22H,4-9,12-14,16-17H2,1-3H3/t19-,20?,22?/m1/s1. The summed E-state index contributed by atoms with van der Waals surface area (Å²) in [7, 11) is 3.16. The van der Waals surface area contributed by atoms with Crippen LogP contribution in [-0.2, 0) is 9.47 Å². The van der Waals surface area contributed by atoms with Crippen molar-refractivity contribution in [3.8, 4) is 11.5 Å². The number of unbranched alkanes of at least 4 members (excludes halogenated alkanes) is 1. The quantitative estimate of drug-likeness (QED) is 0.397. The molecule has 6 heteroatoms. The number of nitrogens with zero attached hydrogens (tertiary/aromatic N) is 1. The first-order chi connectivity index (χ1) is 14.7. The second kappa shape index (κ2) is 11.7. The van der Waals surface area contributed by atoms with E-state index < -0.39 is 0 Å². The minimum atomic E-state index is -0.0255. The van der Waals surface area contributed by atoms with Crippen molar-refractivity contribution < 1.29 is 23.7 Å². The molecular weight excluding hydrogens is 382 g/mol. The highest BCUT2D eigenvalue weighted by Crippen LogP contribution is 2.30. The molecule has 1 aromatic rings. The van der Waals surface area contributed by atoms with Gasteiger partial charge in [0.05, 0.1) is 26.4 Å². The fraction of sp³-hybridized carbons (Fsp3) is 0.708. The number of ether oxygens (including phenoxy) is 4. The summed E-state index contributed by atoms with van der Waals surface area (Å²) in [4.78, 5) is 15.3. The highest BCUT2D eigenvalue weighted by atomic mass is 16.5. The molecule has 1 heterocycles. The predicted molar refractivity (Wildman–Crippen MR) is 117 cm³/mol. The van der Waals surface area contributed by atoms with Crippen LogP contribution in [0.25, 0.3) is 0 Å². The van der Waals surface area contributed by atoms with Gasteiger partial charge >= 0.3 is 0 Å². The van der Waals surface area contributed by atoms with Crippen molar-refractivity contribution in [2.45, 2.75) is 70.1 Å². The second-order valence-electron chi connectivity index (χ2n) is 8.32. The Kier molecular flexibility index (Phi) is 8.97. The molecule has 1 saturated heterocycles. The molecule has 2 unspecified atom stereocenters. The van der Waals surface area contributed by atoms with E-state index in [0.29, 0.717) is 29.2 Å². The molecule has 2 aliphatic rings.